The molecule has 0 spiro atoms. The predicted octanol–water partition coefficient (Wildman–Crippen LogP) is 4.54. The summed E-state index contributed by atoms with van der Waals surface area (Å²) in [4.78, 5) is 0. The van der Waals surface area contributed by atoms with Gasteiger partial charge in [0.1, 0.15) is 11.5 Å². The van der Waals surface area contributed by atoms with Gasteiger partial charge in [0.2, 0.25) is 0 Å². The van der Waals surface area contributed by atoms with E-state index in [1.165, 1.54) is 5.56 Å². The van der Waals surface area contributed by atoms with Crippen molar-refractivity contribution in [3.8, 4) is 5.75 Å². The number of ether oxygens (including phenoxy) is 1. The van der Waals surface area contributed by atoms with Crippen molar-refractivity contribution in [3.63, 3.8) is 0 Å². The maximum Gasteiger partial charge on any atom is 0.193 e. The molecule has 2 heterocycles. The van der Waals surface area contributed by atoms with E-state index < -0.39 is 0 Å². The van der Waals surface area contributed by atoms with Crippen molar-refractivity contribution in [1.29, 1.82) is 0 Å². The number of rotatable bonds is 5. The van der Waals surface area contributed by atoms with E-state index in [1.807, 2.05) is 18.2 Å². The highest BCUT2D eigenvalue weighted by atomic mass is 35.5. The monoisotopic (exact) mass is 305 g/mol. The quantitative estimate of drug-likeness (QED) is 0.880. The van der Waals surface area contributed by atoms with Crippen LogP contribution in [0.5, 0.6) is 5.75 Å². The number of halogens is 1. The van der Waals surface area contributed by atoms with E-state index in [0.29, 0.717) is 11.1 Å². The van der Waals surface area contributed by atoms with Gasteiger partial charge in [-0.3, -0.25) is 0 Å². The normalized spacial score (nSPS) is 18.9. The Kier molecular flexibility index (Phi) is 4.51. The predicted molar refractivity (Wildman–Crippen MR) is 84.0 cm³/mol. The molecule has 4 heteroatoms. The van der Waals surface area contributed by atoms with Gasteiger partial charge in [-0.1, -0.05) is 25.1 Å². The van der Waals surface area contributed by atoms with E-state index in [2.05, 4.69) is 24.4 Å². The zero-order chi connectivity index (χ0) is 14.7. The molecule has 21 heavy (non-hydrogen) atoms. The molecule has 0 aliphatic carbocycles. The number of nitrogens with one attached hydrogen (secondary N) is 1. The molecule has 0 amide bonds. The highest BCUT2D eigenvalue weighted by Crippen LogP contribution is 2.39. The lowest BCUT2D eigenvalue weighted by Crippen LogP contribution is -2.24. The summed E-state index contributed by atoms with van der Waals surface area (Å²) in [5, 5.41) is 3.94. The first-order valence-electron chi connectivity index (χ1n) is 7.48. The summed E-state index contributed by atoms with van der Waals surface area (Å²) in [6.45, 7) is 3.78. The van der Waals surface area contributed by atoms with Crippen molar-refractivity contribution >= 4 is 11.6 Å². The van der Waals surface area contributed by atoms with Crippen LogP contribution in [0.4, 0.5) is 0 Å². The summed E-state index contributed by atoms with van der Waals surface area (Å²) >= 11 is 5.91. The van der Waals surface area contributed by atoms with E-state index in [0.717, 1.165) is 37.5 Å². The Hall–Kier alpha value is -1.45. The van der Waals surface area contributed by atoms with Gasteiger partial charge in [0.15, 0.2) is 5.22 Å². The summed E-state index contributed by atoms with van der Waals surface area (Å²) < 4.78 is 11.3. The van der Waals surface area contributed by atoms with Gasteiger partial charge in [-0.15, -0.1) is 0 Å². The minimum absolute atomic E-state index is 0.179. The lowest BCUT2D eigenvalue weighted by atomic mass is 9.87. The highest BCUT2D eigenvalue weighted by Gasteiger charge is 2.26. The van der Waals surface area contributed by atoms with E-state index >= 15 is 0 Å². The molecule has 0 bridgehead atoms. The standard InChI is InChI=1S/C17H20ClNO2/c1-2-19-14(16-7-8-17(18)21-16)11-12-9-10-20-15-6-4-3-5-13(12)15/h3-8,12,14,19H,2,9-11H2,1H3. The number of hydrogen-bond donors (Lipinski definition) is 1. The van der Waals surface area contributed by atoms with Crippen molar-refractivity contribution in [1.82, 2.24) is 5.32 Å². The molecule has 1 aliphatic heterocycles. The van der Waals surface area contributed by atoms with E-state index in [4.69, 9.17) is 20.8 Å². The lowest BCUT2D eigenvalue weighted by molar-refractivity contribution is 0.251. The van der Waals surface area contributed by atoms with Crippen LogP contribution < -0.4 is 10.1 Å². The summed E-state index contributed by atoms with van der Waals surface area (Å²) in [6.07, 6.45) is 2.02. The molecular weight excluding hydrogens is 286 g/mol. The first-order valence-corrected chi connectivity index (χ1v) is 7.86. The second kappa shape index (κ2) is 6.54. The van der Waals surface area contributed by atoms with Crippen molar-refractivity contribution in [2.75, 3.05) is 13.2 Å². The van der Waals surface area contributed by atoms with Crippen LogP contribution in [-0.2, 0) is 0 Å². The smallest absolute Gasteiger partial charge is 0.193 e. The molecule has 3 nitrogen and oxygen atoms in total. The molecule has 2 unspecified atom stereocenters. The molecule has 1 aromatic carbocycles. The van der Waals surface area contributed by atoms with E-state index in [-0.39, 0.29) is 6.04 Å². The fraction of sp³-hybridized carbons (Fsp3) is 0.412. The first-order chi connectivity index (χ1) is 10.3. The number of hydrogen-bond acceptors (Lipinski definition) is 3. The Morgan fingerprint density at radius 2 is 2.14 bits per heavy atom. The van der Waals surface area contributed by atoms with Crippen LogP contribution in [0.25, 0.3) is 0 Å². The van der Waals surface area contributed by atoms with Gasteiger partial charge < -0.3 is 14.5 Å². The van der Waals surface area contributed by atoms with Crippen LogP contribution in [0.3, 0.4) is 0 Å². The van der Waals surface area contributed by atoms with Gasteiger partial charge >= 0.3 is 0 Å². The molecule has 112 valence electrons. The highest BCUT2D eigenvalue weighted by molar-refractivity contribution is 6.28. The zero-order valence-electron chi connectivity index (χ0n) is 12.1. The van der Waals surface area contributed by atoms with Crippen LogP contribution in [0.15, 0.2) is 40.8 Å². The number of furan rings is 1. The van der Waals surface area contributed by atoms with Crippen molar-refractivity contribution in [2.24, 2.45) is 0 Å². The average molecular weight is 306 g/mol. The Morgan fingerprint density at radius 1 is 1.29 bits per heavy atom. The molecule has 1 aliphatic rings. The molecule has 0 saturated carbocycles. The Balaban J connectivity index is 1.80. The molecule has 0 radical (unpaired) electrons. The van der Waals surface area contributed by atoms with Gasteiger partial charge in [-0.2, -0.15) is 0 Å². The SMILES string of the molecule is CCNC(CC1CCOc2ccccc21)c1ccc(Cl)o1. The first kappa shape index (κ1) is 14.5. The Bertz CT molecular complexity index is 596. The van der Waals surface area contributed by atoms with E-state index in [1.54, 1.807) is 6.07 Å². The summed E-state index contributed by atoms with van der Waals surface area (Å²) in [7, 11) is 0. The second-order valence-electron chi connectivity index (χ2n) is 5.36. The molecule has 1 aromatic heterocycles. The molecular formula is C17H20ClNO2. The van der Waals surface area contributed by atoms with Crippen molar-refractivity contribution in [3.05, 3.63) is 52.9 Å². The van der Waals surface area contributed by atoms with Crippen LogP contribution >= 0.6 is 11.6 Å². The van der Waals surface area contributed by atoms with Gasteiger partial charge in [-0.25, -0.2) is 0 Å². The van der Waals surface area contributed by atoms with Gasteiger partial charge in [-0.05, 0) is 60.7 Å². The minimum Gasteiger partial charge on any atom is -0.493 e. The maximum absolute atomic E-state index is 5.91. The third-order valence-electron chi connectivity index (χ3n) is 3.99. The molecule has 2 aromatic rings. The van der Waals surface area contributed by atoms with Crippen LogP contribution in [0.1, 0.15) is 43.0 Å². The van der Waals surface area contributed by atoms with Crippen molar-refractivity contribution in [2.45, 2.75) is 31.7 Å². The number of fused-ring (bicyclic) bond motifs is 1. The molecule has 0 fully saturated rings. The molecule has 2 atom stereocenters. The fourth-order valence-corrected chi connectivity index (χ4v) is 3.16. The minimum atomic E-state index is 0.179. The Labute approximate surface area is 130 Å². The number of benzene rings is 1. The van der Waals surface area contributed by atoms with Gasteiger partial charge in [0.25, 0.3) is 0 Å². The molecule has 3 rings (SSSR count). The second-order valence-corrected chi connectivity index (χ2v) is 5.73. The largest absolute Gasteiger partial charge is 0.493 e. The summed E-state index contributed by atoms with van der Waals surface area (Å²) in [5.74, 6) is 2.40. The average Bonchev–Trinajstić information content (AvgIpc) is 2.94. The topological polar surface area (TPSA) is 34.4 Å². The maximum atomic E-state index is 5.91. The van der Waals surface area contributed by atoms with Crippen LogP contribution in [0.2, 0.25) is 5.22 Å². The van der Waals surface area contributed by atoms with Gasteiger partial charge in [0.05, 0.1) is 12.6 Å². The third kappa shape index (κ3) is 3.25. The van der Waals surface area contributed by atoms with Gasteiger partial charge in [0, 0.05) is 0 Å². The zero-order valence-corrected chi connectivity index (χ0v) is 12.9. The molecule has 1 N–H and O–H groups in total. The number of para-hydroxylation sites is 1. The lowest BCUT2D eigenvalue weighted by Gasteiger charge is -2.28. The van der Waals surface area contributed by atoms with E-state index in [9.17, 15) is 0 Å². The van der Waals surface area contributed by atoms with Crippen LogP contribution in [-0.4, -0.2) is 13.2 Å². The molecule has 0 saturated heterocycles. The fourth-order valence-electron chi connectivity index (χ4n) is 3.01. The summed E-state index contributed by atoms with van der Waals surface area (Å²) in [6, 6.07) is 12.3. The third-order valence-corrected chi connectivity index (χ3v) is 4.19. The Morgan fingerprint density at radius 3 is 2.90 bits per heavy atom. The summed E-state index contributed by atoms with van der Waals surface area (Å²) in [5.41, 5.74) is 1.30. The van der Waals surface area contributed by atoms with Crippen molar-refractivity contribution < 1.29 is 9.15 Å². The van der Waals surface area contributed by atoms with Crippen LogP contribution in [0, 0.1) is 0 Å².